The van der Waals surface area contributed by atoms with Gasteiger partial charge in [0, 0.05) is 81.2 Å². The Bertz CT molecular complexity index is 11100. The Morgan fingerprint density at radius 1 is 0.212 bits per heavy atom. The van der Waals surface area contributed by atoms with E-state index in [9.17, 15) is 0 Å². The molecule has 0 spiro atoms. The molecule has 0 saturated carbocycles. The summed E-state index contributed by atoms with van der Waals surface area (Å²) in [7, 11) is 0. The highest BCUT2D eigenvalue weighted by Gasteiger charge is 2.40. The molecule has 682 valence electrons. The van der Waals surface area contributed by atoms with E-state index >= 15 is 0 Å². The number of anilines is 2. The second kappa shape index (κ2) is 31.0. The molecule has 0 bridgehead atoms. The summed E-state index contributed by atoms with van der Waals surface area (Å²) in [6, 6.07) is 176. The van der Waals surface area contributed by atoms with Crippen LogP contribution in [0.2, 0.25) is 0 Å². The standard InChI is InChI=1S/C51H32N2S.C47H29N7.C33H21N5/c1-2-17-38-35(12-1)30-48-50(38)43-20-4-7-24-46(43)53(48)37-26-27-47-44(31-37)40-18-3-6-23-45(40)52(47)36-16-10-14-33(29-36)32-13-9-15-34(28-32)39-21-11-22-42-41-19-5-8-25-49(41)54-51(39)42;1-3-16-36-30(12-1)26-45-50(38-18-5-8-21-41(38)52(36)45)34-25-24-31-27-46-49(39-19-6-9-22-42(39)53(46)44(31)29-34)32-13-11-14-33(28-32)51-40-20-7-10-23-43(40)54-37-17-4-2-15-35(37)48-47(51)54;1-3-14-26-22(10-1)20-32-35(28-16-5-7-18-30(28)37(26)32)23-11-9-12-24(21-23)36-29-17-6-8-19-31(29)38-27-15-4-2-13-25(27)34-33(36)38/h1-31,50H;1-29H;1-21H. The summed E-state index contributed by atoms with van der Waals surface area (Å²) >= 11 is 1.89. The van der Waals surface area contributed by atoms with Gasteiger partial charge in [-0.3, -0.25) is 44.8 Å². The molecule has 0 radical (unpaired) electrons. The summed E-state index contributed by atoms with van der Waals surface area (Å²) in [4.78, 5) is 12.7. The Labute approximate surface area is 837 Å². The molecule has 1 unspecified atom stereocenters. The normalized spacial score (nSPS) is 13.2. The molecule has 146 heavy (non-hydrogen) atoms. The van der Waals surface area contributed by atoms with Crippen LogP contribution in [0.15, 0.2) is 491 Å². The summed E-state index contributed by atoms with van der Waals surface area (Å²) in [5.74, 6) is 2.08. The van der Waals surface area contributed by atoms with Gasteiger partial charge in [0.2, 0.25) is 11.6 Å². The van der Waals surface area contributed by atoms with E-state index in [1.807, 2.05) is 17.4 Å². The van der Waals surface area contributed by atoms with Gasteiger partial charge in [-0.15, -0.1) is 11.3 Å². The first-order chi connectivity index (χ1) is 72.4. The Morgan fingerprint density at radius 3 is 1.20 bits per heavy atom. The number of rotatable bonds is 9. The van der Waals surface area contributed by atoms with Gasteiger partial charge in [0.1, 0.15) is 16.9 Å². The number of imidazole rings is 7. The fourth-order valence-electron chi connectivity index (χ4n) is 24.5. The molecule has 0 N–H and O–H groups in total. The van der Waals surface area contributed by atoms with Gasteiger partial charge < -0.3 is 9.47 Å². The van der Waals surface area contributed by atoms with E-state index < -0.39 is 0 Å². The van der Waals surface area contributed by atoms with Gasteiger partial charge >= 0.3 is 0 Å². The van der Waals surface area contributed by atoms with Crippen molar-refractivity contribution in [3.05, 3.63) is 508 Å². The maximum Gasteiger partial charge on any atom is 0.220 e. The number of aromatic nitrogens is 13. The molecule has 0 saturated heterocycles. The average molecular weight is 1880 g/mol. The van der Waals surface area contributed by atoms with Crippen LogP contribution in [0, 0.1) is 0 Å². The summed E-state index contributed by atoms with van der Waals surface area (Å²) in [6.45, 7) is 0. The zero-order valence-electron chi connectivity index (χ0n) is 78.5. The first-order valence-electron chi connectivity index (χ1n) is 49.8. The molecular formula is C131H82N14S. The van der Waals surface area contributed by atoms with Crippen LogP contribution in [0.4, 0.5) is 11.4 Å². The number of fused-ring (bicyclic) bond motifs is 36. The van der Waals surface area contributed by atoms with Crippen molar-refractivity contribution < 1.29 is 0 Å². The molecule has 13 heterocycles. The van der Waals surface area contributed by atoms with E-state index in [4.69, 9.17) is 9.97 Å². The van der Waals surface area contributed by atoms with Gasteiger partial charge in [-0.2, -0.15) is 0 Å². The molecule has 0 amide bonds. The first kappa shape index (κ1) is 80.3. The van der Waals surface area contributed by atoms with E-state index in [-0.39, 0.29) is 5.92 Å². The minimum Gasteiger partial charge on any atom is -0.313 e. The third kappa shape index (κ3) is 11.7. The van der Waals surface area contributed by atoms with Crippen LogP contribution in [0.25, 0.3) is 243 Å². The lowest BCUT2D eigenvalue weighted by Gasteiger charge is -2.22. The van der Waals surface area contributed by atoms with Gasteiger partial charge in [0.25, 0.3) is 0 Å². The van der Waals surface area contributed by atoms with Crippen LogP contribution in [0.1, 0.15) is 22.6 Å². The highest BCUT2D eigenvalue weighted by atomic mass is 32.1. The lowest BCUT2D eigenvalue weighted by Crippen LogP contribution is -2.11. The van der Waals surface area contributed by atoms with Gasteiger partial charge in [-0.05, 0) is 263 Å². The Hall–Kier alpha value is -19.5. The highest BCUT2D eigenvalue weighted by Crippen LogP contribution is 2.56. The summed E-state index contributed by atoms with van der Waals surface area (Å²) in [6.07, 6.45) is 2.39. The molecule has 1 aliphatic carbocycles. The van der Waals surface area contributed by atoms with E-state index in [1.54, 1.807) is 0 Å². The van der Waals surface area contributed by atoms with Crippen molar-refractivity contribution in [2.24, 2.45) is 0 Å². The third-order valence-electron chi connectivity index (χ3n) is 30.7. The number of nitrogens with zero attached hydrogens (tertiary/aromatic N) is 14. The van der Waals surface area contributed by atoms with E-state index in [2.05, 4.69) is 540 Å². The maximum absolute atomic E-state index is 5.14. The molecule has 34 rings (SSSR count). The van der Waals surface area contributed by atoms with E-state index in [1.165, 1.54) is 153 Å². The monoisotopic (exact) mass is 1880 g/mol. The zero-order valence-corrected chi connectivity index (χ0v) is 79.3. The molecule has 20 aromatic carbocycles. The predicted octanol–water partition coefficient (Wildman–Crippen LogP) is 33.0. The molecule has 2 aliphatic rings. The number of para-hydroxylation sites is 18. The molecule has 12 aromatic heterocycles. The molecule has 1 aliphatic heterocycles. The average Bonchev–Trinajstić information content (AvgIpc) is 1.53. The fraction of sp³-hybridized carbons (Fsp3) is 0.00763. The number of hydrogen-bond donors (Lipinski definition) is 0. The molecule has 0 fully saturated rings. The Balaban J connectivity index is 0.0000000992. The quantitative estimate of drug-likeness (QED) is 0.144. The summed E-state index contributed by atoms with van der Waals surface area (Å²) in [5, 5.41) is 8.83. The fourth-order valence-corrected chi connectivity index (χ4v) is 25.8. The smallest absolute Gasteiger partial charge is 0.220 e. The lowest BCUT2D eigenvalue weighted by molar-refractivity contribution is 1.01. The lowest BCUT2D eigenvalue weighted by atomic mass is 9.93. The Morgan fingerprint density at radius 2 is 0.610 bits per heavy atom. The number of thiophene rings is 1. The van der Waals surface area contributed by atoms with Crippen LogP contribution >= 0.6 is 11.3 Å². The molecule has 14 nitrogen and oxygen atoms in total. The number of allylic oxidation sites excluding steroid dienone is 1. The van der Waals surface area contributed by atoms with E-state index in [0.717, 1.165) is 118 Å². The second-order valence-electron chi connectivity index (χ2n) is 38.5. The third-order valence-corrected chi connectivity index (χ3v) is 31.9. The van der Waals surface area contributed by atoms with Crippen LogP contribution in [-0.4, -0.2) is 59.4 Å². The highest BCUT2D eigenvalue weighted by molar-refractivity contribution is 7.26. The van der Waals surface area contributed by atoms with Crippen molar-refractivity contribution in [2.75, 3.05) is 4.90 Å². The van der Waals surface area contributed by atoms with Gasteiger partial charge in [-0.1, -0.05) is 267 Å². The predicted molar refractivity (Wildman–Crippen MR) is 604 cm³/mol. The van der Waals surface area contributed by atoms with Crippen molar-refractivity contribution in [1.82, 2.24) is 59.4 Å². The minimum absolute atomic E-state index is 0.258. The van der Waals surface area contributed by atoms with Crippen molar-refractivity contribution in [1.29, 1.82) is 0 Å². The van der Waals surface area contributed by atoms with Crippen LogP contribution in [0.3, 0.4) is 0 Å². The largest absolute Gasteiger partial charge is 0.313 e. The second-order valence-corrected chi connectivity index (χ2v) is 39.5. The minimum atomic E-state index is 0.258. The maximum atomic E-state index is 5.14. The summed E-state index contributed by atoms with van der Waals surface area (Å²) in [5.41, 5.74) is 44.7. The zero-order chi connectivity index (χ0) is 95.2. The number of benzene rings is 20. The van der Waals surface area contributed by atoms with E-state index in [0.29, 0.717) is 0 Å². The van der Waals surface area contributed by atoms with Crippen LogP contribution in [-0.2, 0) is 0 Å². The number of hydrogen-bond acceptors (Lipinski definition) is 4. The molecule has 15 heteroatoms. The SMILES string of the molecule is C1=C2C(c3ccccc31)c1ccccc1N2c1ccc2c(c1)c1ccccc1n2-c1cccc(-c2cccc(-c3cccc4c3sc3ccccc34)c2)c1.c1cc(-n2c3ccccc3n3c4cc(-n5c6ccccc6n6c7ccccc7cc56)ccc4cc23)cc(-n2c3ccccc3n3c4ccccc4nc23)c1.c1cc(-n2c3ccccc3n3c4ccccc4cc23)cc(-n2c3ccccc3n3c4ccccc4nc23)c1. The van der Waals surface area contributed by atoms with Gasteiger partial charge in [0.15, 0.2) is 0 Å². The van der Waals surface area contributed by atoms with Gasteiger partial charge in [-0.25, -0.2) is 9.97 Å². The van der Waals surface area contributed by atoms with Gasteiger partial charge in [0.05, 0.1) is 128 Å². The van der Waals surface area contributed by atoms with Crippen molar-refractivity contribution in [2.45, 2.75) is 5.92 Å². The first-order valence-corrected chi connectivity index (χ1v) is 50.6. The van der Waals surface area contributed by atoms with Crippen molar-refractivity contribution in [3.63, 3.8) is 0 Å². The Kier molecular flexibility index (Phi) is 17.1. The molecular weight excluding hydrogens is 1800 g/mol. The summed E-state index contributed by atoms with van der Waals surface area (Å²) < 4.78 is 28.5. The van der Waals surface area contributed by atoms with Crippen molar-refractivity contribution >= 4 is 209 Å². The van der Waals surface area contributed by atoms with Crippen molar-refractivity contribution in [3.8, 4) is 56.4 Å². The topological polar surface area (TPSA) is 80.7 Å². The molecule has 32 aromatic rings. The van der Waals surface area contributed by atoms with Crippen LogP contribution in [0.5, 0.6) is 0 Å². The van der Waals surface area contributed by atoms with Crippen LogP contribution < -0.4 is 4.90 Å². The molecule has 1 atom stereocenters.